The average molecular weight is 284 g/mol. The van der Waals surface area contributed by atoms with Crippen molar-refractivity contribution in [2.75, 3.05) is 29.4 Å². The molecule has 1 aliphatic heterocycles. The second-order valence-electron chi connectivity index (χ2n) is 4.91. The third-order valence-corrected chi connectivity index (χ3v) is 3.86. The molecule has 1 aromatic rings. The minimum absolute atomic E-state index is 0.282. The summed E-state index contributed by atoms with van der Waals surface area (Å²) in [6, 6.07) is 0.469. The lowest BCUT2D eigenvalue weighted by Crippen LogP contribution is -2.39. The van der Waals surface area contributed by atoms with Crippen molar-refractivity contribution >= 4 is 23.5 Å². The molecule has 1 aromatic heterocycles. The molecular formula is C13H22ClN5. The van der Waals surface area contributed by atoms with Crippen LogP contribution < -0.4 is 9.80 Å². The third-order valence-electron chi connectivity index (χ3n) is 3.69. The molecule has 0 spiro atoms. The van der Waals surface area contributed by atoms with Gasteiger partial charge in [-0.05, 0) is 51.6 Å². The van der Waals surface area contributed by atoms with Gasteiger partial charge in [-0.25, -0.2) is 0 Å². The standard InChI is InChI=1S/C13H22ClN5/c1-4-18(5-2)12-15-11(14)16-13(17-12)19-9-7-6-8-10(19)3/h10H,4-9H2,1-3H3. The summed E-state index contributed by atoms with van der Waals surface area (Å²) in [5.41, 5.74) is 0. The Kier molecular flexibility index (Phi) is 4.80. The highest BCUT2D eigenvalue weighted by Crippen LogP contribution is 2.23. The summed E-state index contributed by atoms with van der Waals surface area (Å²) in [4.78, 5) is 17.5. The molecule has 19 heavy (non-hydrogen) atoms. The first-order valence-electron chi connectivity index (χ1n) is 7.08. The lowest BCUT2D eigenvalue weighted by atomic mass is 10.0. The van der Waals surface area contributed by atoms with Gasteiger partial charge < -0.3 is 9.80 Å². The Bertz CT molecular complexity index is 421. The van der Waals surface area contributed by atoms with Gasteiger partial charge in [0.2, 0.25) is 17.2 Å². The van der Waals surface area contributed by atoms with Gasteiger partial charge in [-0.1, -0.05) is 0 Å². The zero-order chi connectivity index (χ0) is 13.8. The number of anilines is 2. The Labute approximate surface area is 120 Å². The molecule has 1 saturated heterocycles. The number of aromatic nitrogens is 3. The normalized spacial score (nSPS) is 19.6. The molecule has 2 rings (SSSR count). The Morgan fingerprint density at radius 2 is 1.95 bits per heavy atom. The van der Waals surface area contributed by atoms with Crippen molar-refractivity contribution < 1.29 is 0 Å². The van der Waals surface area contributed by atoms with E-state index in [2.05, 4.69) is 45.5 Å². The van der Waals surface area contributed by atoms with E-state index >= 15 is 0 Å². The molecular weight excluding hydrogens is 262 g/mol. The maximum Gasteiger partial charge on any atom is 0.231 e. The monoisotopic (exact) mass is 283 g/mol. The maximum absolute atomic E-state index is 6.06. The molecule has 1 aliphatic rings. The molecule has 0 bridgehead atoms. The van der Waals surface area contributed by atoms with E-state index in [1.54, 1.807) is 0 Å². The fourth-order valence-corrected chi connectivity index (χ4v) is 2.65. The number of piperidine rings is 1. The third kappa shape index (κ3) is 3.26. The highest BCUT2D eigenvalue weighted by Gasteiger charge is 2.22. The lowest BCUT2D eigenvalue weighted by Gasteiger charge is -2.33. The van der Waals surface area contributed by atoms with E-state index in [1.807, 2.05) is 0 Å². The van der Waals surface area contributed by atoms with Crippen molar-refractivity contribution in [3.8, 4) is 0 Å². The van der Waals surface area contributed by atoms with Gasteiger partial charge in [-0.15, -0.1) is 0 Å². The topological polar surface area (TPSA) is 45.2 Å². The average Bonchev–Trinajstić information content (AvgIpc) is 2.40. The number of halogens is 1. The summed E-state index contributed by atoms with van der Waals surface area (Å²) < 4.78 is 0. The molecule has 0 aliphatic carbocycles. The first-order chi connectivity index (χ1) is 9.15. The van der Waals surface area contributed by atoms with Crippen LogP contribution in [0, 0.1) is 0 Å². The Morgan fingerprint density at radius 1 is 1.21 bits per heavy atom. The van der Waals surface area contributed by atoms with E-state index in [4.69, 9.17) is 11.6 Å². The molecule has 1 atom stereocenters. The van der Waals surface area contributed by atoms with E-state index < -0.39 is 0 Å². The van der Waals surface area contributed by atoms with Gasteiger partial charge in [0.25, 0.3) is 0 Å². The highest BCUT2D eigenvalue weighted by atomic mass is 35.5. The predicted octanol–water partition coefficient (Wildman–Crippen LogP) is 2.75. The van der Waals surface area contributed by atoms with Crippen LogP contribution in [0.2, 0.25) is 5.28 Å². The quantitative estimate of drug-likeness (QED) is 0.850. The van der Waals surface area contributed by atoms with Crippen LogP contribution in [-0.4, -0.2) is 40.6 Å². The molecule has 0 amide bonds. The summed E-state index contributed by atoms with van der Waals surface area (Å²) in [5, 5.41) is 0.282. The lowest BCUT2D eigenvalue weighted by molar-refractivity contribution is 0.476. The molecule has 0 radical (unpaired) electrons. The fraction of sp³-hybridized carbons (Fsp3) is 0.769. The molecule has 6 heteroatoms. The smallest absolute Gasteiger partial charge is 0.231 e. The van der Waals surface area contributed by atoms with Crippen molar-refractivity contribution in [3.05, 3.63) is 5.28 Å². The highest BCUT2D eigenvalue weighted by molar-refractivity contribution is 6.28. The van der Waals surface area contributed by atoms with Crippen molar-refractivity contribution in [2.45, 2.75) is 46.1 Å². The van der Waals surface area contributed by atoms with E-state index in [1.165, 1.54) is 19.3 Å². The number of nitrogens with zero attached hydrogens (tertiary/aromatic N) is 5. The van der Waals surface area contributed by atoms with Crippen molar-refractivity contribution in [3.63, 3.8) is 0 Å². The van der Waals surface area contributed by atoms with Crippen molar-refractivity contribution in [1.29, 1.82) is 0 Å². The van der Waals surface area contributed by atoms with Gasteiger partial charge in [-0.2, -0.15) is 15.0 Å². The second-order valence-corrected chi connectivity index (χ2v) is 5.25. The maximum atomic E-state index is 6.06. The van der Waals surface area contributed by atoms with E-state index in [0.29, 0.717) is 17.9 Å². The summed E-state index contributed by atoms with van der Waals surface area (Å²) >= 11 is 6.06. The Hall–Kier alpha value is -1.10. The van der Waals surface area contributed by atoms with Crippen LogP contribution in [-0.2, 0) is 0 Å². The minimum Gasteiger partial charge on any atom is -0.341 e. The van der Waals surface area contributed by atoms with E-state index in [-0.39, 0.29) is 5.28 Å². The summed E-state index contributed by atoms with van der Waals surface area (Å²) in [6.07, 6.45) is 3.65. The van der Waals surface area contributed by atoms with Gasteiger partial charge in [0, 0.05) is 25.7 Å². The van der Waals surface area contributed by atoms with Gasteiger partial charge in [0.15, 0.2) is 0 Å². The largest absolute Gasteiger partial charge is 0.341 e. The fourth-order valence-electron chi connectivity index (χ4n) is 2.50. The van der Waals surface area contributed by atoms with E-state index in [9.17, 15) is 0 Å². The number of hydrogen-bond donors (Lipinski definition) is 0. The zero-order valence-electron chi connectivity index (χ0n) is 11.9. The second kappa shape index (κ2) is 6.37. The Morgan fingerprint density at radius 3 is 2.58 bits per heavy atom. The molecule has 1 unspecified atom stereocenters. The minimum atomic E-state index is 0.282. The van der Waals surface area contributed by atoms with Crippen molar-refractivity contribution in [1.82, 2.24) is 15.0 Å². The Balaban J connectivity index is 2.30. The van der Waals surface area contributed by atoms with Crippen LogP contribution in [0.25, 0.3) is 0 Å². The molecule has 106 valence electrons. The summed E-state index contributed by atoms with van der Waals surface area (Å²) in [7, 11) is 0. The van der Waals surface area contributed by atoms with Crippen molar-refractivity contribution in [2.24, 2.45) is 0 Å². The van der Waals surface area contributed by atoms with Gasteiger partial charge in [0.1, 0.15) is 0 Å². The van der Waals surface area contributed by atoms with Crippen LogP contribution in [0.4, 0.5) is 11.9 Å². The van der Waals surface area contributed by atoms with E-state index in [0.717, 1.165) is 19.6 Å². The SMILES string of the molecule is CCN(CC)c1nc(Cl)nc(N2CCCCC2C)n1. The van der Waals surface area contributed by atoms with Crippen LogP contribution in [0.1, 0.15) is 40.0 Å². The first-order valence-corrected chi connectivity index (χ1v) is 7.46. The zero-order valence-corrected chi connectivity index (χ0v) is 12.7. The summed E-state index contributed by atoms with van der Waals surface area (Å²) in [6.45, 7) is 9.12. The molecule has 0 saturated carbocycles. The number of rotatable bonds is 4. The molecule has 0 aromatic carbocycles. The van der Waals surface area contributed by atoms with Gasteiger partial charge in [0.05, 0.1) is 0 Å². The van der Waals surface area contributed by atoms with Crippen LogP contribution in [0.5, 0.6) is 0 Å². The van der Waals surface area contributed by atoms with Crippen LogP contribution in [0.3, 0.4) is 0 Å². The number of hydrogen-bond acceptors (Lipinski definition) is 5. The molecule has 5 nitrogen and oxygen atoms in total. The van der Waals surface area contributed by atoms with Crippen LogP contribution >= 0.6 is 11.6 Å². The van der Waals surface area contributed by atoms with Gasteiger partial charge in [-0.3, -0.25) is 0 Å². The van der Waals surface area contributed by atoms with Gasteiger partial charge >= 0.3 is 0 Å². The van der Waals surface area contributed by atoms with Crippen LogP contribution in [0.15, 0.2) is 0 Å². The molecule has 2 heterocycles. The molecule has 0 N–H and O–H groups in total. The predicted molar refractivity (Wildman–Crippen MR) is 79.1 cm³/mol. The summed E-state index contributed by atoms with van der Waals surface area (Å²) in [5.74, 6) is 1.40. The molecule has 1 fully saturated rings. The first kappa shape index (κ1) is 14.3.